The molecule has 21 heavy (non-hydrogen) atoms. The van der Waals surface area contributed by atoms with Crippen molar-refractivity contribution in [3.8, 4) is 0 Å². The average Bonchev–Trinajstić information content (AvgIpc) is 2.85. The van der Waals surface area contributed by atoms with Gasteiger partial charge in [-0.1, -0.05) is 13.0 Å². The number of nitrogens with zero attached hydrogens (tertiary/aromatic N) is 1. The normalized spacial score (nSPS) is 11.0. The van der Waals surface area contributed by atoms with Crippen LogP contribution >= 0.6 is 11.3 Å². The Hall–Kier alpha value is -1.23. The number of hydrogen-bond donors (Lipinski definition) is 1. The number of aromatic nitrogens is 1. The van der Waals surface area contributed by atoms with Gasteiger partial charge in [-0.3, -0.25) is 4.98 Å². The van der Waals surface area contributed by atoms with Gasteiger partial charge in [-0.15, -0.1) is 11.3 Å². The number of hydrogen-bond acceptors (Lipinski definition) is 4. The van der Waals surface area contributed by atoms with Crippen molar-refractivity contribution in [1.82, 2.24) is 10.3 Å². The SMILES string of the molecule is CCCNCc1cc(COCCc2ccccn2)c(C)s1. The van der Waals surface area contributed by atoms with Crippen LogP contribution in [0.1, 0.15) is 34.4 Å². The van der Waals surface area contributed by atoms with Crippen LogP contribution < -0.4 is 5.32 Å². The Labute approximate surface area is 131 Å². The first kappa shape index (κ1) is 16.1. The van der Waals surface area contributed by atoms with Crippen molar-refractivity contribution in [3.05, 3.63) is 51.5 Å². The highest BCUT2D eigenvalue weighted by molar-refractivity contribution is 7.12. The van der Waals surface area contributed by atoms with E-state index in [1.165, 1.54) is 21.7 Å². The van der Waals surface area contributed by atoms with Crippen LogP contribution in [0, 0.1) is 6.92 Å². The molecule has 0 aliphatic heterocycles. The van der Waals surface area contributed by atoms with Gasteiger partial charge in [-0.2, -0.15) is 0 Å². The molecule has 2 heterocycles. The second-order valence-electron chi connectivity index (χ2n) is 5.09. The highest BCUT2D eigenvalue weighted by Crippen LogP contribution is 2.22. The van der Waals surface area contributed by atoms with Gasteiger partial charge in [0, 0.05) is 34.6 Å². The Morgan fingerprint density at radius 3 is 3.00 bits per heavy atom. The molecule has 2 aromatic rings. The lowest BCUT2D eigenvalue weighted by molar-refractivity contribution is 0.123. The van der Waals surface area contributed by atoms with Crippen LogP contribution in [-0.2, 0) is 24.3 Å². The molecule has 4 heteroatoms. The summed E-state index contributed by atoms with van der Waals surface area (Å²) in [5.41, 5.74) is 2.40. The predicted octanol–water partition coefficient (Wildman–Crippen LogP) is 3.71. The zero-order chi connectivity index (χ0) is 14.9. The summed E-state index contributed by atoms with van der Waals surface area (Å²) in [6.07, 6.45) is 3.87. The van der Waals surface area contributed by atoms with Crippen LogP contribution in [0.5, 0.6) is 0 Å². The molecule has 0 fully saturated rings. The molecular formula is C17H24N2OS. The van der Waals surface area contributed by atoms with Gasteiger partial charge in [0.1, 0.15) is 0 Å². The van der Waals surface area contributed by atoms with Gasteiger partial charge in [0.05, 0.1) is 13.2 Å². The van der Waals surface area contributed by atoms with E-state index < -0.39 is 0 Å². The highest BCUT2D eigenvalue weighted by atomic mass is 32.1. The Kier molecular flexibility index (Phi) is 6.86. The monoisotopic (exact) mass is 304 g/mol. The van der Waals surface area contributed by atoms with E-state index in [-0.39, 0.29) is 0 Å². The smallest absolute Gasteiger partial charge is 0.0727 e. The van der Waals surface area contributed by atoms with E-state index in [0.29, 0.717) is 6.61 Å². The van der Waals surface area contributed by atoms with E-state index in [1.807, 2.05) is 35.7 Å². The molecule has 0 aliphatic carbocycles. The molecular weight excluding hydrogens is 280 g/mol. The summed E-state index contributed by atoms with van der Waals surface area (Å²) in [7, 11) is 0. The molecule has 2 aromatic heterocycles. The van der Waals surface area contributed by atoms with Gasteiger partial charge < -0.3 is 10.1 Å². The number of nitrogens with one attached hydrogen (secondary N) is 1. The van der Waals surface area contributed by atoms with Gasteiger partial charge in [-0.25, -0.2) is 0 Å². The molecule has 0 radical (unpaired) electrons. The van der Waals surface area contributed by atoms with Crippen LogP contribution in [0.3, 0.4) is 0 Å². The molecule has 1 N–H and O–H groups in total. The quantitative estimate of drug-likeness (QED) is 0.717. The summed E-state index contributed by atoms with van der Waals surface area (Å²) in [5.74, 6) is 0. The lowest BCUT2D eigenvalue weighted by Crippen LogP contribution is -2.12. The van der Waals surface area contributed by atoms with Crippen molar-refractivity contribution < 1.29 is 4.74 Å². The minimum atomic E-state index is 0.697. The summed E-state index contributed by atoms with van der Waals surface area (Å²) in [5, 5.41) is 3.44. The lowest BCUT2D eigenvalue weighted by atomic mass is 10.2. The van der Waals surface area contributed by atoms with Crippen molar-refractivity contribution in [3.63, 3.8) is 0 Å². The largest absolute Gasteiger partial charge is 0.376 e. The van der Waals surface area contributed by atoms with Crippen molar-refractivity contribution in [1.29, 1.82) is 0 Å². The van der Waals surface area contributed by atoms with E-state index in [2.05, 4.69) is 30.2 Å². The van der Waals surface area contributed by atoms with Gasteiger partial charge in [0.15, 0.2) is 0 Å². The van der Waals surface area contributed by atoms with Crippen LogP contribution in [-0.4, -0.2) is 18.1 Å². The maximum atomic E-state index is 5.79. The molecule has 0 saturated heterocycles. The van der Waals surface area contributed by atoms with Crippen LogP contribution in [0.4, 0.5) is 0 Å². The minimum Gasteiger partial charge on any atom is -0.376 e. The third-order valence-electron chi connectivity index (χ3n) is 3.28. The first-order chi connectivity index (χ1) is 10.3. The van der Waals surface area contributed by atoms with Gasteiger partial charge in [-0.05, 0) is 43.7 Å². The zero-order valence-corrected chi connectivity index (χ0v) is 13.7. The first-order valence-corrected chi connectivity index (χ1v) is 8.37. The summed E-state index contributed by atoms with van der Waals surface area (Å²) in [6, 6.07) is 8.26. The van der Waals surface area contributed by atoms with E-state index >= 15 is 0 Å². The molecule has 0 aromatic carbocycles. The van der Waals surface area contributed by atoms with Crippen LogP contribution in [0.25, 0.3) is 0 Å². The molecule has 0 saturated carbocycles. The Bertz CT molecular complexity index is 525. The number of rotatable bonds is 9. The standard InChI is InChI=1S/C17H24N2OS/c1-3-8-18-12-17-11-15(14(2)21-17)13-20-10-7-16-6-4-5-9-19-16/h4-6,9,11,18H,3,7-8,10,12-13H2,1-2H3. The van der Waals surface area contributed by atoms with Gasteiger partial charge >= 0.3 is 0 Å². The molecule has 0 bridgehead atoms. The fourth-order valence-corrected chi connectivity index (χ4v) is 3.13. The summed E-state index contributed by atoms with van der Waals surface area (Å²) in [4.78, 5) is 7.06. The number of aryl methyl sites for hydroxylation is 1. The number of ether oxygens (including phenoxy) is 1. The molecule has 114 valence electrons. The van der Waals surface area contributed by atoms with Crippen LogP contribution in [0.15, 0.2) is 30.5 Å². The Morgan fingerprint density at radius 2 is 2.24 bits per heavy atom. The van der Waals surface area contributed by atoms with E-state index in [9.17, 15) is 0 Å². The lowest BCUT2D eigenvalue weighted by Gasteiger charge is -2.03. The molecule has 0 aliphatic rings. The van der Waals surface area contributed by atoms with Crippen molar-refractivity contribution in [2.75, 3.05) is 13.2 Å². The predicted molar refractivity (Wildman–Crippen MR) is 88.7 cm³/mol. The molecule has 2 rings (SSSR count). The maximum absolute atomic E-state index is 5.79. The molecule has 3 nitrogen and oxygen atoms in total. The molecule has 0 spiro atoms. The third-order valence-corrected chi connectivity index (χ3v) is 4.38. The number of thiophene rings is 1. The van der Waals surface area contributed by atoms with E-state index in [0.717, 1.165) is 31.8 Å². The molecule has 0 amide bonds. The van der Waals surface area contributed by atoms with Crippen molar-refractivity contribution in [2.45, 2.75) is 39.8 Å². The van der Waals surface area contributed by atoms with Gasteiger partial charge in [0.2, 0.25) is 0 Å². The fraction of sp³-hybridized carbons (Fsp3) is 0.471. The van der Waals surface area contributed by atoms with Gasteiger partial charge in [0.25, 0.3) is 0 Å². The number of pyridine rings is 1. The van der Waals surface area contributed by atoms with E-state index in [1.54, 1.807) is 0 Å². The van der Waals surface area contributed by atoms with Crippen molar-refractivity contribution >= 4 is 11.3 Å². The maximum Gasteiger partial charge on any atom is 0.0727 e. The zero-order valence-electron chi connectivity index (χ0n) is 12.9. The highest BCUT2D eigenvalue weighted by Gasteiger charge is 2.05. The second-order valence-corrected chi connectivity index (χ2v) is 6.44. The topological polar surface area (TPSA) is 34.1 Å². The van der Waals surface area contributed by atoms with Crippen molar-refractivity contribution in [2.24, 2.45) is 0 Å². The Morgan fingerprint density at radius 1 is 1.33 bits per heavy atom. The minimum absolute atomic E-state index is 0.697. The fourth-order valence-electron chi connectivity index (χ4n) is 2.11. The third kappa shape index (κ3) is 5.58. The summed E-state index contributed by atoms with van der Waals surface area (Å²) in [6.45, 7) is 7.82. The second kappa shape index (κ2) is 8.93. The summed E-state index contributed by atoms with van der Waals surface area (Å²) >= 11 is 1.86. The summed E-state index contributed by atoms with van der Waals surface area (Å²) < 4.78 is 5.79. The van der Waals surface area contributed by atoms with E-state index in [4.69, 9.17) is 4.74 Å². The molecule has 0 unspecified atom stereocenters. The average molecular weight is 304 g/mol. The Balaban J connectivity index is 1.72. The molecule has 0 atom stereocenters. The first-order valence-electron chi connectivity index (χ1n) is 7.56. The van der Waals surface area contributed by atoms with Crippen LogP contribution in [0.2, 0.25) is 0 Å².